The molecular formula is C24H24N2O7S2. The van der Waals surface area contributed by atoms with Crippen LogP contribution in [-0.4, -0.2) is 58.8 Å². The maximum atomic E-state index is 13.4. The van der Waals surface area contributed by atoms with Crippen LogP contribution in [0.5, 0.6) is 11.5 Å². The minimum absolute atomic E-state index is 0.00507. The molecule has 2 amide bonds. The normalized spacial score (nSPS) is 32.4. The number of fused-ring (bicyclic) bond motifs is 9. The molecule has 2 aromatic rings. The van der Waals surface area contributed by atoms with Gasteiger partial charge < -0.3 is 19.6 Å². The van der Waals surface area contributed by atoms with Gasteiger partial charge in [-0.05, 0) is 41.9 Å². The van der Waals surface area contributed by atoms with Crippen molar-refractivity contribution in [2.45, 2.75) is 29.0 Å². The number of nitrogens with zero attached hydrogens (tertiary/aromatic N) is 1. The lowest BCUT2D eigenvalue weighted by atomic mass is 9.68. The number of benzene rings is 1. The van der Waals surface area contributed by atoms with E-state index in [1.54, 1.807) is 26.0 Å². The summed E-state index contributed by atoms with van der Waals surface area (Å²) in [5, 5.41) is 9.99. The lowest BCUT2D eigenvalue weighted by molar-refractivity contribution is -0.142. The predicted octanol–water partition coefficient (Wildman–Crippen LogP) is 2.40. The second-order valence-electron chi connectivity index (χ2n) is 9.55. The summed E-state index contributed by atoms with van der Waals surface area (Å²) in [7, 11) is 3.16. The van der Waals surface area contributed by atoms with Crippen LogP contribution in [0.15, 0.2) is 28.0 Å². The number of aliphatic carboxylic acids is 1. The van der Waals surface area contributed by atoms with E-state index in [-0.39, 0.29) is 58.6 Å². The molecule has 184 valence electrons. The van der Waals surface area contributed by atoms with E-state index in [0.717, 1.165) is 21.9 Å². The highest BCUT2D eigenvalue weighted by atomic mass is 32.2. The summed E-state index contributed by atoms with van der Waals surface area (Å²) in [4.78, 5) is 55.1. The van der Waals surface area contributed by atoms with Crippen molar-refractivity contribution in [3.8, 4) is 11.5 Å². The highest BCUT2D eigenvalue weighted by molar-refractivity contribution is 8.00. The van der Waals surface area contributed by atoms with E-state index in [1.165, 1.54) is 16.2 Å². The average molecular weight is 517 g/mol. The third-order valence-corrected chi connectivity index (χ3v) is 10.7. The van der Waals surface area contributed by atoms with Gasteiger partial charge in [-0.15, -0.1) is 11.8 Å². The lowest BCUT2D eigenvalue weighted by Crippen LogP contribution is -2.42. The number of hydrogen-bond donors (Lipinski definition) is 2. The van der Waals surface area contributed by atoms with Crippen molar-refractivity contribution in [2.75, 3.05) is 20.8 Å². The molecule has 1 aromatic heterocycles. The first-order valence-corrected chi connectivity index (χ1v) is 13.2. The number of carbonyl (C=O) groups is 3. The number of rotatable bonds is 6. The molecule has 0 spiro atoms. The number of amides is 2. The van der Waals surface area contributed by atoms with E-state index in [1.807, 2.05) is 18.2 Å². The van der Waals surface area contributed by atoms with Crippen molar-refractivity contribution in [1.82, 2.24) is 9.88 Å². The van der Waals surface area contributed by atoms with Crippen molar-refractivity contribution >= 4 is 40.9 Å². The van der Waals surface area contributed by atoms with E-state index in [2.05, 4.69) is 4.98 Å². The van der Waals surface area contributed by atoms with Crippen LogP contribution in [0.25, 0.3) is 0 Å². The van der Waals surface area contributed by atoms with Gasteiger partial charge in [-0.3, -0.25) is 24.1 Å². The second kappa shape index (κ2) is 8.12. The van der Waals surface area contributed by atoms with Crippen molar-refractivity contribution < 1.29 is 29.0 Å². The Hall–Kier alpha value is -2.79. The molecule has 2 aliphatic heterocycles. The first kappa shape index (κ1) is 22.7. The zero-order chi connectivity index (χ0) is 24.6. The maximum absolute atomic E-state index is 13.4. The standard InChI is InChI=1S/C24H24N2O7S2/c1-32-12-4-3-9(7-13(12)33-2)15-16-10-8-11(19(16)34-21-20(15)35-24(31)25-21)18-17(10)22(29)26(23(18)30)6-5-14(27)28/h3-4,7,10-11,15-19H,5-6,8H2,1-2H3,(H,25,31)(H,27,28)/t10-,11+,15-,16+,17+,18+,19-/m0/s1. The lowest BCUT2D eigenvalue weighted by Gasteiger charge is -2.43. The predicted molar refractivity (Wildman–Crippen MR) is 127 cm³/mol. The molecule has 11 heteroatoms. The topological polar surface area (TPSA) is 126 Å². The Bertz CT molecular complexity index is 1300. The van der Waals surface area contributed by atoms with Crippen molar-refractivity contribution in [3.63, 3.8) is 0 Å². The van der Waals surface area contributed by atoms with E-state index in [0.29, 0.717) is 11.5 Å². The van der Waals surface area contributed by atoms with Gasteiger partial charge in [-0.1, -0.05) is 17.4 Å². The van der Waals surface area contributed by atoms with Crippen molar-refractivity contribution in [2.24, 2.45) is 29.6 Å². The monoisotopic (exact) mass is 516 g/mol. The van der Waals surface area contributed by atoms with E-state index in [9.17, 15) is 19.2 Å². The first-order chi connectivity index (χ1) is 16.8. The molecule has 4 aliphatic rings. The Morgan fingerprint density at radius 3 is 2.51 bits per heavy atom. The molecule has 3 fully saturated rings. The number of thioether (sulfide) groups is 1. The fourth-order valence-electron chi connectivity index (χ4n) is 6.93. The zero-order valence-electron chi connectivity index (χ0n) is 19.1. The molecule has 9 nitrogen and oxygen atoms in total. The van der Waals surface area contributed by atoms with Gasteiger partial charge in [0.15, 0.2) is 11.5 Å². The number of ether oxygens (including phenoxy) is 2. The molecule has 2 saturated carbocycles. The van der Waals surface area contributed by atoms with Gasteiger partial charge >= 0.3 is 10.8 Å². The van der Waals surface area contributed by atoms with Gasteiger partial charge in [-0.2, -0.15) is 0 Å². The minimum atomic E-state index is -1.03. The molecule has 35 heavy (non-hydrogen) atoms. The van der Waals surface area contributed by atoms with Gasteiger partial charge in [0, 0.05) is 22.6 Å². The fourth-order valence-corrected chi connectivity index (χ4v) is 9.81. The number of carbonyl (C=O) groups excluding carboxylic acids is 2. The van der Waals surface area contributed by atoms with Crippen LogP contribution in [0, 0.1) is 29.6 Å². The van der Waals surface area contributed by atoms with E-state index >= 15 is 0 Å². The van der Waals surface area contributed by atoms with Crippen LogP contribution in [0.1, 0.15) is 29.2 Å². The molecular weight excluding hydrogens is 492 g/mol. The average Bonchev–Trinajstić information content (AvgIpc) is 3.56. The van der Waals surface area contributed by atoms with E-state index in [4.69, 9.17) is 14.6 Å². The zero-order valence-corrected chi connectivity index (χ0v) is 20.7. The molecule has 3 heterocycles. The maximum Gasteiger partial charge on any atom is 0.305 e. The SMILES string of the molecule is COc1ccc([C@@H]2c3sc(=O)[nH]c3S[C@H]3[C@@H]4C[C@H]([C@H]5C(=O)N(CCC(=O)O)C(=O)[C@H]45)[C@H]23)cc1OC. The summed E-state index contributed by atoms with van der Waals surface area (Å²) in [5.41, 5.74) is 0.984. The minimum Gasteiger partial charge on any atom is -0.493 e. The number of carboxylic acids is 1. The first-order valence-electron chi connectivity index (χ1n) is 11.5. The van der Waals surface area contributed by atoms with Gasteiger partial charge in [0.05, 0.1) is 37.5 Å². The Labute approximate surface area is 208 Å². The Morgan fingerprint density at radius 2 is 1.83 bits per heavy atom. The largest absolute Gasteiger partial charge is 0.493 e. The number of likely N-dealkylation sites (tertiary alicyclic amines) is 1. The quantitative estimate of drug-likeness (QED) is 0.561. The number of aromatic nitrogens is 1. The van der Waals surface area contributed by atoms with E-state index < -0.39 is 17.8 Å². The summed E-state index contributed by atoms with van der Waals surface area (Å²) < 4.78 is 11.0. The number of nitrogens with one attached hydrogen (secondary N) is 1. The van der Waals surface area contributed by atoms with Crippen LogP contribution in [0.4, 0.5) is 0 Å². The highest BCUT2D eigenvalue weighted by Crippen LogP contribution is 2.68. The van der Waals surface area contributed by atoms with Gasteiger partial charge in [0.2, 0.25) is 11.8 Å². The number of hydrogen-bond acceptors (Lipinski definition) is 8. The molecule has 1 saturated heterocycles. The summed E-state index contributed by atoms with van der Waals surface area (Å²) in [5.74, 6) is -1.20. The second-order valence-corrected chi connectivity index (χ2v) is 11.7. The molecule has 7 atom stereocenters. The number of carboxylic acid groups (broad SMARTS) is 1. The third kappa shape index (κ3) is 3.20. The van der Waals surface area contributed by atoms with Crippen LogP contribution in [0.3, 0.4) is 0 Å². The molecule has 2 N–H and O–H groups in total. The Morgan fingerprint density at radius 1 is 1.11 bits per heavy atom. The van der Waals surface area contributed by atoms with Crippen LogP contribution in [-0.2, 0) is 14.4 Å². The van der Waals surface area contributed by atoms with Crippen molar-refractivity contribution in [1.29, 1.82) is 0 Å². The summed E-state index contributed by atoms with van der Waals surface area (Å²) in [6.45, 7) is -0.0817. The van der Waals surface area contributed by atoms with Crippen molar-refractivity contribution in [3.05, 3.63) is 38.3 Å². The van der Waals surface area contributed by atoms with Gasteiger partial charge in [-0.25, -0.2) is 0 Å². The molecule has 2 aliphatic carbocycles. The molecule has 2 bridgehead atoms. The number of methoxy groups -OCH3 is 2. The summed E-state index contributed by atoms with van der Waals surface area (Å²) >= 11 is 2.82. The molecule has 0 unspecified atom stereocenters. The number of imide groups is 1. The molecule has 0 radical (unpaired) electrons. The highest BCUT2D eigenvalue weighted by Gasteiger charge is 2.69. The third-order valence-electron chi connectivity index (χ3n) is 8.13. The van der Waals surface area contributed by atoms with Crippen LogP contribution < -0.4 is 14.3 Å². The van der Waals surface area contributed by atoms with Crippen LogP contribution in [0.2, 0.25) is 0 Å². The smallest absolute Gasteiger partial charge is 0.305 e. The van der Waals surface area contributed by atoms with Gasteiger partial charge in [0.25, 0.3) is 0 Å². The van der Waals surface area contributed by atoms with Gasteiger partial charge in [0.1, 0.15) is 0 Å². The summed E-state index contributed by atoms with van der Waals surface area (Å²) in [6, 6.07) is 5.78. The number of aromatic amines is 1. The Kier molecular flexibility index (Phi) is 5.26. The molecule has 6 rings (SSSR count). The summed E-state index contributed by atoms with van der Waals surface area (Å²) in [6.07, 6.45) is 0.533. The number of H-pyrrole nitrogens is 1. The van der Waals surface area contributed by atoms with Crippen LogP contribution >= 0.6 is 23.1 Å². The number of thiazole rings is 1. The molecule has 1 aromatic carbocycles. The Balaban J connectivity index is 1.42. The fraction of sp³-hybridized carbons (Fsp3) is 0.500.